The summed E-state index contributed by atoms with van der Waals surface area (Å²) in [6.45, 7) is 5.48. The quantitative estimate of drug-likeness (QED) is 0.310. The number of rotatable bonds is 11. The third kappa shape index (κ3) is 12.2. The van der Waals surface area contributed by atoms with Crippen LogP contribution in [0.1, 0.15) is 39.5 Å². The van der Waals surface area contributed by atoms with Crippen molar-refractivity contribution in [2.24, 2.45) is 4.99 Å². The summed E-state index contributed by atoms with van der Waals surface area (Å²) >= 11 is 0. The Labute approximate surface area is 163 Å². The maximum absolute atomic E-state index is 12.1. The Morgan fingerprint density at radius 2 is 1.96 bits per heavy atom. The Morgan fingerprint density at radius 3 is 2.56 bits per heavy atom. The van der Waals surface area contributed by atoms with Gasteiger partial charge in [-0.3, -0.25) is 4.99 Å². The molecule has 1 aliphatic heterocycles. The van der Waals surface area contributed by atoms with Crippen LogP contribution in [0.2, 0.25) is 0 Å². The second kappa shape index (κ2) is 11.8. The molecule has 0 aliphatic carbocycles. The van der Waals surface area contributed by atoms with E-state index >= 15 is 0 Å². The highest BCUT2D eigenvalue weighted by atomic mass is 32.2. The number of ether oxygens (including phenoxy) is 1. The van der Waals surface area contributed by atoms with E-state index in [1.165, 1.54) is 6.26 Å². The van der Waals surface area contributed by atoms with Gasteiger partial charge in [-0.15, -0.1) is 0 Å². The molecule has 1 fully saturated rings. The number of nitrogens with one attached hydrogen (secondary N) is 3. The molecule has 2 atom stereocenters. The van der Waals surface area contributed by atoms with Crippen molar-refractivity contribution in [3.63, 3.8) is 0 Å². The zero-order chi connectivity index (χ0) is 20.3. The lowest BCUT2D eigenvalue weighted by atomic mass is 10.1. The van der Waals surface area contributed by atoms with Crippen molar-refractivity contribution in [2.45, 2.75) is 51.7 Å². The molecule has 9 nitrogen and oxygen atoms in total. The van der Waals surface area contributed by atoms with E-state index < -0.39 is 19.9 Å². The molecule has 1 rings (SSSR count). The first-order valence-electron chi connectivity index (χ1n) is 9.43. The van der Waals surface area contributed by atoms with Gasteiger partial charge in [0.25, 0.3) is 0 Å². The Hall–Kier alpha value is -0.910. The Morgan fingerprint density at radius 1 is 1.22 bits per heavy atom. The standard InChI is InChI=1S/C16H34N4O5S2/c1-4-17-16(20-14(2)8-11-26(3,21)22)18-9-12-27(23,24)19-13-15-7-5-6-10-25-15/h14-15,19H,4-13H2,1-3H3,(H2,17,18,20). The molecule has 0 aromatic heterocycles. The van der Waals surface area contributed by atoms with Gasteiger partial charge in [-0.1, -0.05) is 0 Å². The van der Waals surface area contributed by atoms with Gasteiger partial charge in [-0.25, -0.2) is 21.6 Å². The molecule has 0 saturated carbocycles. The van der Waals surface area contributed by atoms with Crippen molar-refractivity contribution >= 4 is 25.8 Å². The molecular weight excluding hydrogens is 392 g/mol. The minimum Gasteiger partial charge on any atom is -0.377 e. The fraction of sp³-hybridized carbons (Fsp3) is 0.938. The molecule has 0 aromatic rings. The topological polar surface area (TPSA) is 126 Å². The monoisotopic (exact) mass is 426 g/mol. The zero-order valence-electron chi connectivity index (χ0n) is 16.5. The van der Waals surface area contributed by atoms with Crippen LogP contribution in [0.15, 0.2) is 4.99 Å². The van der Waals surface area contributed by atoms with E-state index in [1.807, 2.05) is 13.8 Å². The maximum Gasteiger partial charge on any atom is 0.213 e. The molecule has 0 radical (unpaired) electrons. The van der Waals surface area contributed by atoms with Crippen molar-refractivity contribution in [1.29, 1.82) is 0 Å². The number of sulfonamides is 1. The number of aliphatic imine (C=N–C) groups is 1. The van der Waals surface area contributed by atoms with Crippen LogP contribution in [0.4, 0.5) is 0 Å². The van der Waals surface area contributed by atoms with E-state index in [1.54, 1.807) is 0 Å². The van der Waals surface area contributed by atoms with Crippen molar-refractivity contribution < 1.29 is 21.6 Å². The van der Waals surface area contributed by atoms with E-state index in [0.29, 0.717) is 32.1 Å². The van der Waals surface area contributed by atoms with E-state index in [0.717, 1.165) is 19.3 Å². The van der Waals surface area contributed by atoms with Crippen LogP contribution >= 0.6 is 0 Å². The van der Waals surface area contributed by atoms with Crippen LogP contribution in [0.3, 0.4) is 0 Å². The van der Waals surface area contributed by atoms with Gasteiger partial charge in [0.1, 0.15) is 9.84 Å². The predicted molar refractivity (Wildman–Crippen MR) is 108 cm³/mol. The summed E-state index contributed by atoms with van der Waals surface area (Å²) in [5.74, 6) is 0.445. The number of guanidine groups is 1. The molecule has 1 saturated heterocycles. The fourth-order valence-corrected chi connectivity index (χ4v) is 4.25. The fourth-order valence-electron chi connectivity index (χ4n) is 2.55. The van der Waals surface area contributed by atoms with Gasteiger partial charge in [0.15, 0.2) is 5.96 Å². The largest absolute Gasteiger partial charge is 0.377 e. The van der Waals surface area contributed by atoms with Gasteiger partial charge < -0.3 is 15.4 Å². The predicted octanol–water partition coefficient (Wildman–Crippen LogP) is -0.147. The third-order valence-corrected chi connectivity index (χ3v) is 6.39. The van der Waals surface area contributed by atoms with Crippen LogP contribution < -0.4 is 15.4 Å². The highest BCUT2D eigenvalue weighted by Gasteiger charge is 2.17. The van der Waals surface area contributed by atoms with E-state index in [-0.39, 0.29) is 30.2 Å². The van der Waals surface area contributed by atoms with E-state index in [2.05, 4.69) is 20.3 Å². The van der Waals surface area contributed by atoms with Crippen LogP contribution in [0, 0.1) is 0 Å². The summed E-state index contributed by atoms with van der Waals surface area (Å²) in [4.78, 5) is 4.27. The Kier molecular flexibility index (Phi) is 10.6. The second-order valence-electron chi connectivity index (χ2n) is 6.88. The molecule has 11 heteroatoms. The lowest BCUT2D eigenvalue weighted by Gasteiger charge is -2.22. The number of hydrogen-bond donors (Lipinski definition) is 3. The Bertz CT molecular complexity index is 658. The molecule has 0 aromatic carbocycles. The summed E-state index contributed by atoms with van der Waals surface area (Å²) in [6.07, 6.45) is 4.57. The van der Waals surface area contributed by atoms with Crippen LogP contribution in [0.25, 0.3) is 0 Å². The molecule has 160 valence electrons. The molecule has 3 N–H and O–H groups in total. The van der Waals surface area contributed by atoms with Crippen molar-refractivity contribution in [3.05, 3.63) is 0 Å². The molecular formula is C16H34N4O5S2. The first kappa shape index (κ1) is 24.1. The summed E-state index contributed by atoms with van der Waals surface area (Å²) in [5, 5.41) is 6.13. The summed E-state index contributed by atoms with van der Waals surface area (Å²) < 4.78 is 54.8. The number of hydrogen-bond acceptors (Lipinski definition) is 6. The molecule has 27 heavy (non-hydrogen) atoms. The lowest BCUT2D eigenvalue weighted by Crippen LogP contribution is -2.43. The Balaban J connectivity index is 2.43. The van der Waals surface area contributed by atoms with Gasteiger partial charge >= 0.3 is 0 Å². The third-order valence-electron chi connectivity index (χ3n) is 4.08. The summed E-state index contributed by atoms with van der Waals surface area (Å²) in [6, 6.07) is -0.101. The van der Waals surface area contributed by atoms with Gasteiger partial charge in [-0.05, 0) is 39.5 Å². The molecule has 1 heterocycles. The normalized spacial score (nSPS) is 20.3. The highest BCUT2D eigenvalue weighted by molar-refractivity contribution is 7.90. The van der Waals surface area contributed by atoms with Crippen molar-refractivity contribution in [1.82, 2.24) is 15.4 Å². The average molecular weight is 427 g/mol. The molecule has 0 spiro atoms. The molecule has 2 unspecified atom stereocenters. The number of sulfone groups is 1. The van der Waals surface area contributed by atoms with Gasteiger partial charge in [0.2, 0.25) is 10.0 Å². The minimum absolute atomic E-state index is 0.0493. The van der Waals surface area contributed by atoms with Crippen LogP contribution in [0.5, 0.6) is 0 Å². The first-order chi connectivity index (χ1) is 12.6. The zero-order valence-corrected chi connectivity index (χ0v) is 18.2. The smallest absolute Gasteiger partial charge is 0.213 e. The second-order valence-corrected chi connectivity index (χ2v) is 11.1. The van der Waals surface area contributed by atoms with Crippen LogP contribution in [-0.4, -0.2) is 78.9 Å². The van der Waals surface area contributed by atoms with Gasteiger partial charge in [0.05, 0.1) is 24.2 Å². The van der Waals surface area contributed by atoms with Gasteiger partial charge in [0, 0.05) is 32.0 Å². The SMILES string of the molecule is CCNC(=NCCS(=O)(=O)NCC1CCCCO1)NC(C)CCS(C)(=O)=O. The maximum atomic E-state index is 12.1. The summed E-state index contributed by atoms with van der Waals surface area (Å²) in [5.41, 5.74) is 0. The van der Waals surface area contributed by atoms with E-state index in [9.17, 15) is 16.8 Å². The lowest BCUT2D eigenvalue weighted by molar-refractivity contribution is 0.0200. The van der Waals surface area contributed by atoms with Crippen LogP contribution in [-0.2, 0) is 24.6 Å². The first-order valence-corrected chi connectivity index (χ1v) is 13.1. The van der Waals surface area contributed by atoms with Crippen molar-refractivity contribution in [2.75, 3.05) is 44.0 Å². The molecule has 0 bridgehead atoms. The molecule has 1 aliphatic rings. The van der Waals surface area contributed by atoms with Crippen molar-refractivity contribution in [3.8, 4) is 0 Å². The van der Waals surface area contributed by atoms with E-state index in [4.69, 9.17) is 4.74 Å². The minimum atomic E-state index is -3.42. The molecule has 0 amide bonds. The average Bonchev–Trinajstić information content (AvgIpc) is 2.59. The highest BCUT2D eigenvalue weighted by Crippen LogP contribution is 2.11. The number of nitrogens with zero attached hydrogens (tertiary/aromatic N) is 1. The summed E-state index contributed by atoms with van der Waals surface area (Å²) in [7, 11) is -6.44. The van der Waals surface area contributed by atoms with Gasteiger partial charge in [-0.2, -0.15) is 0 Å².